The summed E-state index contributed by atoms with van der Waals surface area (Å²) in [6, 6.07) is 33.7. The summed E-state index contributed by atoms with van der Waals surface area (Å²) in [7, 11) is 0. The topological polar surface area (TPSA) is 57.2 Å². The van der Waals surface area contributed by atoms with Gasteiger partial charge in [0, 0.05) is 0 Å². The van der Waals surface area contributed by atoms with Crippen molar-refractivity contribution < 1.29 is 24.1 Å². The zero-order valence-electron chi connectivity index (χ0n) is 20.8. The highest BCUT2D eigenvalue weighted by molar-refractivity contribution is 7.10. The van der Waals surface area contributed by atoms with E-state index in [-0.39, 0.29) is 0 Å². The molecule has 3 aromatic carbocycles. The van der Waals surface area contributed by atoms with Gasteiger partial charge < -0.3 is 24.1 Å². The molecule has 1 aliphatic heterocycles. The molecule has 0 amide bonds. The van der Waals surface area contributed by atoms with Crippen LogP contribution >= 0.6 is 11.3 Å². The molecule has 0 unspecified atom stereocenters. The number of hydrogen-bond acceptors (Lipinski definition) is 6. The number of ether oxygens (including phenoxy) is 4. The highest BCUT2D eigenvalue weighted by atomic mass is 32.1. The van der Waals surface area contributed by atoms with Crippen LogP contribution < -0.4 is 0 Å². The van der Waals surface area contributed by atoms with Gasteiger partial charge in [-0.2, -0.15) is 0 Å². The van der Waals surface area contributed by atoms with Crippen LogP contribution in [-0.4, -0.2) is 29.5 Å². The number of benzene rings is 3. The average Bonchev–Trinajstić information content (AvgIpc) is 3.49. The molecule has 192 valence electrons. The van der Waals surface area contributed by atoms with Crippen molar-refractivity contribution in [2.24, 2.45) is 0 Å². The standard InChI is InChI=1S/C31H32O5S/c1-23-28(33-20-24-12-5-2-6-13-24)29(34-21-25-14-7-3-8-15-25)30(35-22-26-16-9-4-10-17-26)31(32,36-23)27-18-11-19-37-27/h2-19,23,28-30,32H,20-22H2,1H3/t23-,28+,29+,30-,31-/m0/s1. The molecule has 0 spiro atoms. The van der Waals surface area contributed by atoms with Crippen molar-refractivity contribution in [1.29, 1.82) is 0 Å². The molecule has 1 aliphatic rings. The lowest BCUT2D eigenvalue weighted by molar-refractivity contribution is -0.370. The highest BCUT2D eigenvalue weighted by Gasteiger charge is 2.56. The molecule has 0 radical (unpaired) electrons. The molecular formula is C31H32O5S. The average molecular weight is 517 g/mol. The molecule has 2 heterocycles. The Morgan fingerprint density at radius 3 is 1.65 bits per heavy atom. The molecule has 4 aromatic rings. The van der Waals surface area contributed by atoms with Crippen LogP contribution in [0.1, 0.15) is 28.5 Å². The molecule has 1 N–H and O–H groups in total. The second-order valence-corrected chi connectivity index (χ2v) is 10.2. The van der Waals surface area contributed by atoms with Gasteiger partial charge in [-0.25, -0.2) is 0 Å². The Kier molecular flexibility index (Phi) is 8.46. The third kappa shape index (κ3) is 6.18. The fourth-order valence-electron chi connectivity index (χ4n) is 4.67. The summed E-state index contributed by atoms with van der Waals surface area (Å²) in [4.78, 5) is 0.673. The fraction of sp³-hybridized carbons (Fsp3) is 0.290. The zero-order chi connectivity index (χ0) is 25.5. The largest absolute Gasteiger partial charge is 0.368 e. The summed E-state index contributed by atoms with van der Waals surface area (Å²) in [6.45, 7) is 2.97. The SMILES string of the molecule is C[C@@H]1O[C@@](O)(c2cccs2)[C@@H](OCc2ccccc2)[C@H](OCc2ccccc2)[C@@H]1OCc1ccccc1. The first kappa shape index (κ1) is 25.8. The summed E-state index contributed by atoms with van der Waals surface area (Å²) in [5, 5.41) is 14.0. The molecule has 0 saturated carbocycles. The first-order chi connectivity index (χ1) is 18.1. The van der Waals surface area contributed by atoms with Crippen LogP contribution in [0.4, 0.5) is 0 Å². The quantitative estimate of drug-likeness (QED) is 0.277. The van der Waals surface area contributed by atoms with Crippen LogP contribution in [0, 0.1) is 0 Å². The Hall–Kier alpha value is -2.84. The highest BCUT2D eigenvalue weighted by Crippen LogP contribution is 2.42. The van der Waals surface area contributed by atoms with E-state index in [1.807, 2.05) is 115 Å². The zero-order valence-corrected chi connectivity index (χ0v) is 21.6. The number of hydrogen-bond donors (Lipinski definition) is 1. The van der Waals surface area contributed by atoms with Crippen molar-refractivity contribution >= 4 is 11.3 Å². The first-order valence-corrected chi connectivity index (χ1v) is 13.4. The van der Waals surface area contributed by atoms with E-state index in [2.05, 4.69) is 0 Å². The normalized spacial score (nSPS) is 25.7. The molecule has 1 aromatic heterocycles. The molecule has 0 aliphatic carbocycles. The predicted molar refractivity (Wildman–Crippen MR) is 144 cm³/mol. The van der Waals surface area contributed by atoms with Crippen LogP contribution in [0.3, 0.4) is 0 Å². The van der Waals surface area contributed by atoms with Crippen LogP contribution in [0.25, 0.3) is 0 Å². The van der Waals surface area contributed by atoms with E-state index in [1.54, 1.807) is 0 Å². The van der Waals surface area contributed by atoms with Gasteiger partial charge in [0.15, 0.2) is 0 Å². The maximum atomic E-state index is 12.0. The Labute approximate surface area is 222 Å². The Bertz CT molecular complexity index is 1200. The van der Waals surface area contributed by atoms with Crippen LogP contribution in [0.5, 0.6) is 0 Å². The van der Waals surface area contributed by atoms with Gasteiger partial charge in [0.2, 0.25) is 5.79 Å². The minimum atomic E-state index is -1.68. The lowest BCUT2D eigenvalue weighted by Crippen LogP contribution is -2.64. The Morgan fingerprint density at radius 1 is 0.676 bits per heavy atom. The summed E-state index contributed by atoms with van der Waals surface area (Å²) >= 11 is 1.43. The summed E-state index contributed by atoms with van der Waals surface area (Å²) in [5.41, 5.74) is 3.08. The van der Waals surface area contributed by atoms with E-state index in [4.69, 9.17) is 18.9 Å². The van der Waals surface area contributed by atoms with Crippen molar-refractivity contribution in [2.45, 2.75) is 56.9 Å². The van der Waals surface area contributed by atoms with E-state index >= 15 is 0 Å². The molecule has 1 saturated heterocycles. The third-order valence-electron chi connectivity index (χ3n) is 6.55. The van der Waals surface area contributed by atoms with Crippen LogP contribution in [0.15, 0.2) is 109 Å². The van der Waals surface area contributed by atoms with Crippen molar-refractivity contribution in [3.05, 3.63) is 130 Å². The summed E-state index contributed by atoms with van der Waals surface area (Å²) < 4.78 is 25.8. The molecule has 6 heteroatoms. The van der Waals surface area contributed by atoms with Gasteiger partial charge >= 0.3 is 0 Å². The molecule has 0 bridgehead atoms. The van der Waals surface area contributed by atoms with Gasteiger partial charge in [0.25, 0.3) is 0 Å². The maximum absolute atomic E-state index is 12.0. The van der Waals surface area contributed by atoms with Crippen LogP contribution in [0.2, 0.25) is 0 Å². The summed E-state index contributed by atoms with van der Waals surface area (Å²) in [5.74, 6) is -1.68. The second-order valence-electron chi connectivity index (χ2n) is 9.24. The van der Waals surface area contributed by atoms with Crippen molar-refractivity contribution in [2.75, 3.05) is 0 Å². The Morgan fingerprint density at radius 2 is 1.16 bits per heavy atom. The molecule has 5 nitrogen and oxygen atoms in total. The van der Waals surface area contributed by atoms with Crippen molar-refractivity contribution in [3.8, 4) is 0 Å². The van der Waals surface area contributed by atoms with E-state index in [9.17, 15) is 5.11 Å². The maximum Gasteiger partial charge on any atom is 0.232 e. The third-order valence-corrected chi connectivity index (χ3v) is 7.53. The smallest absolute Gasteiger partial charge is 0.232 e. The number of rotatable bonds is 10. The summed E-state index contributed by atoms with van der Waals surface area (Å²) in [6.07, 6.45) is -2.34. The number of thiophene rings is 1. The van der Waals surface area contributed by atoms with Crippen LogP contribution in [-0.2, 0) is 44.6 Å². The molecule has 5 atom stereocenters. The lowest BCUT2D eigenvalue weighted by atomic mass is 9.91. The molecule has 1 fully saturated rings. The van der Waals surface area contributed by atoms with Gasteiger partial charge in [-0.15, -0.1) is 11.3 Å². The Balaban J connectivity index is 1.46. The monoisotopic (exact) mass is 516 g/mol. The van der Waals surface area contributed by atoms with Crippen molar-refractivity contribution in [1.82, 2.24) is 0 Å². The van der Waals surface area contributed by atoms with Gasteiger partial charge in [-0.1, -0.05) is 97.1 Å². The van der Waals surface area contributed by atoms with Gasteiger partial charge in [0.05, 0.1) is 30.8 Å². The van der Waals surface area contributed by atoms with E-state index in [1.165, 1.54) is 11.3 Å². The van der Waals surface area contributed by atoms with Gasteiger partial charge in [-0.3, -0.25) is 0 Å². The van der Waals surface area contributed by atoms with Gasteiger partial charge in [-0.05, 0) is 35.1 Å². The molecule has 37 heavy (non-hydrogen) atoms. The lowest BCUT2D eigenvalue weighted by Gasteiger charge is -2.49. The second kappa shape index (κ2) is 12.1. The van der Waals surface area contributed by atoms with Crippen molar-refractivity contribution in [3.63, 3.8) is 0 Å². The predicted octanol–water partition coefficient (Wildman–Crippen LogP) is 6.07. The molecular weight excluding hydrogens is 484 g/mol. The minimum absolute atomic E-state index is 0.299. The van der Waals surface area contributed by atoms with E-state index in [0.717, 1.165) is 16.7 Å². The first-order valence-electron chi connectivity index (χ1n) is 12.5. The van der Waals surface area contributed by atoms with Gasteiger partial charge in [0.1, 0.15) is 18.3 Å². The van der Waals surface area contributed by atoms with E-state index in [0.29, 0.717) is 24.7 Å². The number of aliphatic hydroxyl groups is 1. The fourth-order valence-corrected chi connectivity index (χ4v) is 5.47. The molecule has 5 rings (SSSR count). The minimum Gasteiger partial charge on any atom is -0.368 e. The van der Waals surface area contributed by atoms with E-state index < -0.39 is 30.2 Å².